The third-order valence-electron chi connectivity index (χ3n) is 4.89. The zero-order valence-electron chi connectivity index (χ0n) is 16.2. The fourth-order valence-electron chi connectivity index (χ4n) is 3.48. The topological polar surface area (TPSA) is 93.7 Å². The second-order valence-corrected chi connectivity index (χ2v) is 6.83. The number of amides is 2. The number of carbonyl (C=O) groups is 3. The van der Waals surface area contributed by atoms with Gasteiger partial charge in [0.1, 0.15) is 5.75 Å². The van der Waals surface area contributed by atoms with Gasteiger partial charge in [0.05, 0.1) is 14.2 Å². The third kappa shape index (κ3) is 2.93. The lowest BCUT2D eigenvalue weighted by molar-refractivity contribution is 0.0718. The molecule has 0 saturated heterocycles. The van der Waals surface area contributed by atoms with Gasteiger partial charge in [-0.05, 0) is 17.5 Å². The number of hydrogen-bond donors (Lipinski definition) is 2. The normalized spacial score (nSPS) is 14.8. The molecular weight excluding hydrogens is 360 g/mol. The maximum atomic E-state index is 13.4. The van der Waals surface area contributed by atoms with E-state index in [-0.39, 0.29) is 22.6 Å². The van der Waals surface area contributed by atoms with E-state index >= 15 is 0 Å². The highest BCUT2D eigenvalue weighted by atomic mass is 16.6. The molecule has 0 aliphatic heterocycles. The summed E-state index contributed by atoms with van der Waals surface area (Å²) in [4.78, 5) is 43.7. The van der Waals surface area contributed by atoms with Gasteiger partial charge >= 0.3 is 6.03 Å². The number of fused-ring (bicyclic) bond motifs is 1. The number of methoxy groups -OCH3 is 1. The van der Waals surface area contributed by atoms with E-state index < -0.39 is 23.1 Å². The maximum Gasteiger partial charge on any atom is 0.340 e. The Balaban J connectivity index is 2.24. The first-order valence-electron chi connectivity index (χ1n) is 8.85. The summed E-state index contributed by atoms with van der Waals surface area (Å²) in [5.41, 5.74) is 1.92. The number of Topliss-reactive ketones (excluding diaryl/α,β-unsaturated/α-hetero) is 2. The average molecular weight is 382 g/mol. The van der Waals surface area contributed by atoms with Gasteiger partial charge in [-0.15, -0.1) is 0 Å². The number of carbonyl (C=O) groups excluding carboxylic acids is 3. The first-order valence-corrected chi connectivity index (χ1v) is 8.85. The van der Waals surface area contributed by atoms with Crippen LogP contribution in [0.25, 0.3) is 0 Å². The predicted molar refractivity (Wildman–Crippen MR) is 103 cm³/mol. The Labute approximate surface area is 163 Å². The van der Waals surface area contributed by atoms with Crippen LogP contribution in [0.15, 0.2) is 42.5 Å². The number of ketones is 2. The monoisotopic (exact) mass is 382 g/mol. The molecular formula is C21H22N2O5. The number of ether oxygens (including phenoxy) is 1. The van der Waals surface area contributed by atoms with Crippen LogP contribution in [0, 0.1) is 0 Å². The van der Waals surface area contributed by atoms with Crippen molar-refractivity contribution in [3.05, 3.63) is 64.7 Å². The molecule has 7 nitrogen and oxygen atoms in total. The molecule has 2 N–H and O–H groups in total. The van der Waals surface area contributed by atoms with Crippen LogP contribution in [0.2, 0.25) is 0 Å². The predicted octanol–water partition coefficient (Wildman–Crippen LogP) is 2.95. The Hall–Kier alpha value is -3.19. The molecule has 28 heavy (non-hydrogen) atoms. The van der Waals surface area contributed by atoms with Crippen molar-refractivity contribution in [3.63, 3.8) is 0 Å². The first-order chi connectivity index (χ1) is 13.4. The molecule has 0 aromatic heterocycles. The molecule has 0 atom stereocenters. The summed E-state index contributed by atoms with van der Waals surface area (Å²) in [5, 5.41) is 2.53. The molecule has 0 fully saturated rings. The van der Waals surface area contributed by atoms with Gasteiger partial charge in [-0.3, -0.25) is 14.4 Å². The van der Waals surface area contributed by atoms with Crippen LogP contribution in [0.4, 0.5) is 4.79 Å². The highest BCUT2D eigenvalue weighted by molar-refractivity contribution is 6.34. The average Bonchev–Trinajstić information content (AvgIpc) is 2.90. The highest BCUT2D eigenvalue weighted by Crippen LogP contribution is 2.42. The smallest absolute Gasteiger partial charge is 0.340 e. The molecule has 0 heterocycles. The number of nitrogens with one attached hydrogen (secondary N) is 2. The summed E-state index contributed by atoms with van der Waals surface area (Å²) >= 11 is 0. The van der Waals surface area contributed by atoms with Crippen molar-refractivity contribution < 1.29 is 24.0 Å². The van der Waals surface area contributed by atoms with E-state index in [1.807, 2.05) is 19.9 Å². The van der Waals surface area contributed by atoms with E-state index in [0.29, 0.717) is 5.75 Å². The minimum Gasteiger partial charge on any atom is -0.496 e. The summed E-state index contributed by atoms with van der Waals surface area (Å²) in [6, 6.07) is 10.9. The fourth-order valence-corrected chi connectivity index (χ4v) is 3.48. The second kappa shape index (κ2) is 7.44. The Kier molecular flexibility index (Phi) is 5.20. The number of rotatable bonds is 5. The Bertz CT molecular complexity index is 917. The third-order valence-corrected chi connectivity index (χ3v) is 4.89. The van der Waals surface area contributed by atoms with Crippen LogP contribution >= 0.6 is 0 Å². The van der Waals surface area contributed by atoms with Gasteiger partial charge in [-0.2, -0.15) is 0 Å². The van der Waals surface area contributed by atoms with Gasteiger partial charge in [0, 0.05) is 16.7 Å². The van der Waals surface area contributed by atoms with E-state index in [0.717, 1.165) is 5.56 Å². The zero-order valence-corrected chi connectivity index (χ0v) is 16.2. The van der Waals surface area contributed by atoms with Crippen molar-refractivity contribution >= 4 is 17.6 Å². The van der Waals surface area contributed by atoms with Gasteiger partial charge in [0.2, 0.25) is 11.6 Å². The van der Waals surface area contributed by atoms with Crippen LogP contribution in [0.1, 0.15) is 51.6 Å². The maximum absolute atomic E-state index is 13.4. The van der Waals surface area contributed by atoms with Crippen LogP contribution in [0.3, 0.4) is 0 Å². The molecule has 0 radical (unpaired) electrons. The van der Waals surface area contributed by atoms with Crippen LogP contribution in [-0.2, 0) is 10.4 Å². The van der Waals surface area contributed by atoms with Gasteiger partial charge < -0.3 is 10.1 Å². The van der Waals surface area contributed by atoms with Crippen LogP contribution < -0.4 is 15.5 Å². The zero-order chi connectivity index (χ0) is 20.5. The Morgan fingerprint density at radius 1 is 1.00 bits per heavy atom. The SMILES string of the molecule is CONC(=O)NC1(c2ccc(C(C)C)cc2OC)C(=O)c2ccccc2C1=O. The van der Waals surface area contributed by atoms with Crippen molar-refractivity contribution in [2.75, 3.05) is 14.2 Å². The molecule has 2 aromatic rings. The molecule has 7 heteroatoms. The largest absolute Gasteiger partial charge is 0.496 e. The number of urea groups is 1. The molecule has 2 amide bonds. The van der Waals surface area contributed by atoms with E-state index in [1.54, 1.807) is 36.4 Å². The second-order valence-electron chi connectivity index (χ2n) is 6.83. The molecule has 0 spiro atoms. The lowest BCUT2D eigenvalue weighted by atomic mass is 9.83. The van der Waals surface area contributed by atoms with Crippen molar-refractivity contribution in [2.45, 2.75) is 25.3 Å². The van der Waals surface area contributed by atoms with E-state index in [9.17, 15) is 14.4 Å². The van der Waals surface area contributed by atoms with Crippen molar-refractivity contribution in [3.8, 4) is 5.75 Å². The summed E-state index contributed by atoms with van der Waals surface area (Å²) in [7, 11) is 2.72. The number of benzene rings is 2. The molecule has 2 aromatic carbocycles. The molecule has 1 aliphatic carbocycles. The molecule has 3 rings (SSSR count). The highest BCUT2D eigenvalue weighted by Gasteiger charge is 2.56. The van der Waals surface area contributed by atoms with Gasteiger partial charge in [0.25, 0.3) is 0 Å². The quantitative estimate of drug-likeness (QED) is 0.613. The van der Waals surface area contributed by atoms with Crippen molar-refractivity contribution in [1.29, 1.82) is 0 Å². The van der Waals surface area contributed by atoms with E-state index in [1.165, 1.54) is 14.2 Å². The molecule has 0 unspecified atom stereocenters. The van der Waals surface area contributed by atoms with Crippen LogP contribution in [0.5, 0.6) is 5.75 Å². The van der Waals surface area contributed by atoms with Gasteiger partial charge in [0.15, 0.2) is 5.54 Å². The minimum atomic E-state index is -1.94. The van der Waals surface area contributed by atoms with Crippen molar-refractivity contribution in [2.24, 2.45) is 0 Å². The summed E-state index contributed by atoms with van der Waals surface area (Å²) in [6.07, 6.45) is 0. The minimum absolute atomic E-state index is 0.218. The number of hydroxylamine groups is 1. The lowest BCUT2D eigenvalue weighted by Gasteiger charge is -2.29. The Morgan fingerprint density at radius 3 is 2.11 bits per heavy atom. The van der Waals surface area contributed by atoms with Gasteiger partial charge in [-0.1, -0.05) is 50.2 Å². The Morgan fingerprint density at radius 2 is 1.61 bits per heavy atom. The van der Waals surface area contributed by atoms with Crippen LogP contribution in [-0.4, -0.2) is 31.8 Å². The summed E-state index contributed by atoms with van der Waals surface area (Å²) in [6.45, 7) is 4.05. The molecule has 0 bridgehead atoms. The standard InChI is InChI=1S/C21H22N2O5/c1-12(2)13-9-10-16(17(11-13)27-3)21(22-20(26)23-28-4)18(24)14-7-5-6-8-15(14)19(21)25/h5-12H,1-4H3,(H2,22,23,26). The van der Waals surface area contributed by atoms with Gasteiger partial charge in [-0.25, -0.2) is 10.3 Å². The first kappa shape index (κ1) is 19.6. The van der Waals surface area contributed by atoms with E-state index in [2.05, 4.69) is 15.6 Å². The number of hydrogen-bond acceptors (Lipinski definition) is 5. The summed E-state index contributed by atoms with van der Waals surface area (Å²) < 4.78 is 5.50. The molecule has 0 saturated carbocycles. The summed E-state index contributed by atoms with van der Waals surface area (Å²) in [5.74, 6) is -0.473. The fraction of sp³-hybridized carbons (Fsp3) is 0.286. The molecule has 146 valence electrons. The molecule has 1 aliphatic rings. The lowest BCUT2D eigenvalue weighted by Crippen LogP contribution is -2.56. The van der Waals surface area contributed by atoms with E-state index in [4.69, 9.17) is 4.74 Å². The van der Waals surface area contributed by atoms with Crippen molar-refractivity contribution in [1.82, 2.24) is 10.8 Å².